The van der Waals surface area contributed by atoms with Crippen LogP contribution in [0, 0.1) is 17.0 Å². The Bertz CT molecular complexity index is 489. The zero-order valence-corrected chi connectivity index (χ0v) is 12.8. The first-order valence-electron chi connectivity index (χ1n) is 5.98. The number of nitro groups is 1. The number of carbonyl (C=O) groups is 1. The number of nitro benzene ring substituents is 1. The lowest BCUT2D eigenvalue weighted by Crippen LogP contribution is -2.29. The normalized spacial score (nSPS) is 12.0. The molecule has 19 heavy (non-hydrogen) atoms. The van der Waals surface area contributed by atoms with E-state index in [-0.39, 0.29) is 11.6 Å². The molecule has 0 fully saturated rings. The largest absolute Gasteiger partial charge is 0.342 e. The van der Waals surface area contributed by atoms with Crippen LogP contribution in [0.1, 0.15) is 29.3 Å². The van der Waals surface area contributed by atoms with Crippen LogP contribution in [0.25, 0.3) is 0 Å². The number of halogens is 1. The molecule has 1 atom stereocenters. The van der Waals surface area contributed by atoms with Crippen LogP contribution in [0.3, 0.4) is 0 Å². The van der Waals surface area contributed by atoms with Gasteiger partial charge in [-0.3, -0.25) is 14.9 Å². The van der Waals surface area contributed by atoms with Crippen LogP contribution in [-0.4, -0.2) is 34.2 Å². The van der Waals surface area contributed by atoms with Crippen LogP contribution in [0.15, 0.2) is 18.2 Å². The number of rotatable bonds is 5. The Morgan fingerprint density at radius 3 is 2.68 bits per heavy atom. The highest BCUT2D eigenvalue weighted by molar-refractivity contribution is 9.09. The molecule has 1 rings (SSSR count). The summed E-state index contributed by atoms with van der Waals surface area (Å²) in [5.74, 6) is -0.186. The average Bonchev–Trinajstić information content (AvgIpc) is 2.34. The second-order valence-electron chi connectivity index (χ2n) is 4.50. The highest BCUT2D eigenvalue weighted by Crippen LogP contribution is 2.22. The first-order chi connectivity index (χ1) is 8.84. The first kappa shape index (κ1) is 15.6. The number of hydrogen-bond donors (Lipinski definition) is 0. The van der Waals surface area contributed by atoms with Gasteiger partial charge >= 0.3 is 0 Å². The average molecular weight is 329 g/mol. The summed E-state index contributed by atoms with van der Waals surface area (Å²) in [5, 5.41) is 10.9. The standard InChI is InChI=1S/C13H17BrN2O3/c1-9(14)7-8-15(3)13(17)11-5-4-6-12(10(11)2)16(18)19/h4-6,9H,7-8H2,1-3H3. The number of carbonyl (C=O) groups excluding carboxylic acids is 1. The van der Waals surface area contributed by atoms with Crippen molar-refractivity contribution in [2.24, 2.45) is 0 Å². The van der Waals surface area contributed by atoms with Crippen LogP contribution in [0.2, 0.25) is 0 Å². The summed E-state index contributed by atoms with van der Waals surface area (Å²) in [6.07, 6.45) is 0.830. The van der Waals surface area contributed by atoms with Crippen molar-refractivity contribution in [1.29, 1.82) is 0 Å². The smallest absolute Gasteiger partial charge is 0.273 e. The minimum Gasteiger partial charge on any atom is -0.342 e. The van der Waals surface area contributed by atoms with Crippen molar-refractivity contribution in [3.63, 3.8) is 0 Å². The molecule has 0 heterocycles. The summed E-state index contributed by atoms with van der Waals surface area (Å²) in [5.41, 5.74) is 0.781. The van der Waals surface area contributed by atoms with Gasteiger partial charge in [0.15, 0.2) is 0 Å². The topological polar surface area (TPSA) is 63.5 Å². The Morgan fingerprint density at radius 2 is 2.16 bits per heavy atom. The zero-order valence-electron chi connectivity index (χ0n) is 11.2. The van der Waals surface area contributed by atoms with Gasteiger partial charge in [0.1, 0.15) is 0 Å². The van der Waals surface area contributed by atoms with Gasteiger partial charge in [-0.1, -0.05) is 28.9 Å². The maximum atomic E-state index is 12.2. The van der Waals surface area contributed by atoms with Crippen molar-refractivity contribution in [2.75, 3.05) is 13.6 Å². The Labute approximate surface area is 120 Å². The van der Waals surface area contributed by atoms with E-state index < -0.39 is 4.92 Å². The minimum absolute atomic E-state index is 0.0203. The van der Waals surface area contributed by atoms with Crippen LogP contribution in [-0.2, 0) is 0 Å². The Morgan fingerprint density at radius 1 is 1.53 bits per heavy atom. The summed E-state index contributed by atoms with van der Waals surface area (Å²) in [6.45, 7) is 4.22. The quantitative estimate of drug-likeness (QED) is 0.474. The van der Waals surface area contributed by atoms with Crippen molar-refractivity contribution < 1.29 is 9.72 Å². The summed E-state index contributed by atoms with van der Waals surface area (Å²) < 4.78 is 0. The monoisotopic (exact) mass is 328 g/mol. The van der Waals surface area contributed by atoms with E-state index in [1.54, 1.807) is 31.0 Å². The van der Waals surface area contributed by atoms with Gasteiger partial charge in [0.2, 0.25) is 0 Å². The molecule has 0 bridgehead atoms. The molecular weight excluding hydrogens is 312 g/mol. The third-order valence-corrected chi connectivity index (χ3v) is 3.40. The van der Waals surface area contributed by atoms with E-state index in [4.69, 9.17) is 0 Å². The van der Waals surface area contributed by atoms with Crippen molar-refractivity contribution in [3.05, 3.63) is 39.4 Å². The molecule has 0 aromatic heterocycles. The van der Waals surface area contributed by atoms with Crippen molar-refractivity contribution in [1.82, 2.24) is 4.90 Å². The Hall–Kier alpha value is -1.43. The van der Waals surface area contributed by atoms with E-state index in [1.807, 2.05) is 6.92 Å². The molecule has 1 aromatic carbocycles. The third kappa shape index (κ3) is 4.02. The Balaban J connectivity index is 2.94. The SMILES string of the molecule is Cc1c(C(=O)N(C)CCC(C)Br)cccc1[N+](=O)[O-]. The fourth-order valence-electron chi connectivity index (χ4n) is 1.73. The number of amides is 1. The molecule has 0 aliphatic rings. The number of hydrogen-bond acceptors (Lipinski definition) is 3. The second-order valence-corrected chi connectivity index (χ2v) is 6.07. The number of benzene rings is 1. The fraction of sp³-hybridized carbons (Fsp3) is 0.462. The predicted octanol–water partition coefficient (Wildman–Crippen LogP) is 3.15. The molecule has 5 nitrogen and oxygen atoms in total. The van der Waals surface area contributed by atoms with Gasteiger partial charge in [0.25, 0.3) is 11.6 Å². The molecule has 0 saturated heterocycles. The Kier molecular flexibility index (Phi) is 5.47. The molecule has 1 unspecified atom stereocenters. The minimum atomic E-state index is -0.466. The maximum Gasteiger partial charge on any atom is 0.273 e. The van der Waals surface area contributed by atoms with Crippen LogP contribution >= 0.6 is 15.9 Å². The molecule has 0 aliphatic heterocycles. The number of nitrogens with zero attached hydrogens (tertiary/aromatic N) is 2. The zero-order chi connectivity index (χ0) is 14.6. The van der Waals surface area contributed by atoms with E-state index in [0.29, 0.717) is 22.5 Å². The fourth-order valence-corrected chi connectivity index (χ4v) is 1.94. The molecule has 104 valence electrons. The molecule has 0 N–H and O–H groups in total. The van der Waals surface area contributed by atoms with Gasteiger partial charge in [-0.05, 0) is 19.4 Å². The summed E-state index contributed by atoms with van der Waals surface area (Å²) in [6, 6.07) is 4.57. The molecule has 0 spiro atoms. The lowest BCUT2D eigenvalue weighted by atomic mass is 10.1. The second kappa shape index (κ2) is 6.65. The van der Waals surface area contributed by atoms with Gasteiger partial charge in [-0.15, -0.1) is 0 Å². The molecule has 0 radical (unpaired) electrons. The van der Waals surface area contributed by atoms with E-state index in [1.165, 1.54) is 6.07 Å². The van der Waals surface area contributed by atoms with E-state index in [0.717, 1.165) is 6.42 Å². The predicted molar refractivity (Wildman–Crippen MR) is 77.8 cm³/mol. The lowest BCUT2D eigenvalue weighted by molar-refractivity contribution is -0.385. The van der Waals surface area contributed by atoms with Gasteiger partial charge in [-0.2, -0.15) is 0 Å². The first-order valence-corrected chi connectivity index (χ1v) is 6.89. The molecule has 1 amide bonds. The highest BCUT2D eigenvalue weighted by atomic mass is 79.9. The van der Waals surface area contributed by atoms with E-state index in [9.17, 15) is 14.9 Å². The van der Waals surface area contributed by atoms with E-state index in [2.05, 4.69) is 15.9 Å². The lowest BCUT2D eigenvalue weighted by Gasteiger charge is -2.18. The van der Waals surface area contributed by atoms with E-state index >= 15 is 0 Å². The van der Waals surface area contributed by atoms with Crippen molar-refractivity contribution in [3.8, 4) is 0 Å². The molecule has 0 aliphatic carbocycles. The highest BCUT2D eigenvalue weighted by Gasteiger charge is 2.20. The third-order valence-electron chi connectivity index (χ3n) is 2.94. The van der Waals surface area contributed by atoms with Gasteiger partial charge in [0.05, 0.1) is 4.92 Å². The summed E-state index contributed by atoms with van der Waals surface area (Å²) >= 11 is 3.43. The van der Waals surface area contributed by atoms with Gasteiger partial charge < -0.3 is 4.90 Å². The number of alkyl halides is 1. The van der Waals surface area contributed by atoms with Crippen molar-refractivity contribution in [2.45, 2.75) is 25.1 Å². The van der Waals surface area contributed by atoms with Crippen LogP contribution in [0.5, 0.6) is 0 Å². The van der Waals surface area contributed by atoms with Crippen molar-refractivity contribution >= 4 is 27.5 Å². The molecular formula is C13H17BrN2O3. The summed E-state index contributed by atoms with van der Waals surface area (Å²) in [4.78, 5) is 24.5. The maximum absolute atomic E-state index is 12.2. The van der Waals surface area contributed by atoms with Crippen LogP contribution < -0.4 is 0 Å². The van der Waals surface area contributed by atoms with Gasteiger partial charge in [0, 0.05) is 35.6 Å². The molecule has 6 heteroatoms. The van der Waals surface area contributed by atoms with Gasteiger partial charge in [-0.25, -0.2) is 0 Å². The summed E-state index contributed by atoms with van der Waals surface area (Å²) in [7, 11) is 1.70. The van der Waals surface area contributed by atoms with Crippen LogP contribution in [0.4, 0.5) is 5.69 Å². The molecule has 1 aromatic rings. The molecule has 0 saturated carbocycles.